The van der Waals surface area contributed by atoms with Crippen LogP contribution in [0.4, 0.5) is 4.79 Å². The van der Waals surface area contributed by atoms with E-state index in [2.05, 4.69) is 15.5 Å². The average molecular weight is 366 g/mol. The van der Waals surface area contributed by atoms with Crippen LogP contribution in [0, 0.1) is 0 Å². The highest BCUT2D eigenvalue weighted by Gasteiger charge is 2.15. The minimum atomic E-state index is -0.212. The highest BCUT2D eigenvalue weighted by Crippen LogP contribution is 2.19. The highest BCUT2D eigenvalue weighted by molar-refractivity contribution is 6.30. The van der Waals surface area contributed by atoms with Gasteiger partial charge in [0.2, 0.25) is 0 Å². The van der Waals surface area contributed by atoms with Crippen molar-refractivity contribution in [1.29, 1.82) is 0 Å². The summed E-state index contributed by atoms with van der Waals surface area (Å²) < 4.78 is 0. The van der Waals surface area contributed by atoms with Crippen molar-refractivity contribution in [2.45, 2.75) is 12.6 Å². The summed E-state index contributed by atoms with van der Waals surface area (Å²) in [7, 11) is 3.95. The van der Waals surface area contributed by atoms with Crippen molar-refractivity contribution >= 4 is 29.2 Å². The summed E-state index contributed by atoms with van der Waals surface area (Å²) in [6, 6.07) is 14.9. The van der Waals surface area contributed by atoms with Gasteiger partial charge in [0, 0.05) is 23.1 Å². The van der Waals surface area contributed by atoms with Crippen LogP contribution >= 0.6 is 23.2 Å². The van der Waals surface area contributed by atoms with Crippen LogP contribution in [-0.2, 0) is 6.54 Å². The van der Waals surface area contributed by atoms with E-state index in [1.165, 1.54) is 0 Å². The van der Waals surface area contributed by atoms with Gasteiger partial charge in [-0.1, -0.05) is 47.5 Å². The van der Waals surface area contributed by atoms with Crippen molar-refractivity contribution < 1.29 is 4.79 Å². The summed E-state index contributed by atoms with van der Waals surface area (Å²) in [4.78, 5) is 14.1. The van der Waals surface area contributed by atoms with Crippen LogP contribution in [0.2, 0.25) is 10.0 Å². The molecule has 1 atom stereocenters. The van der Waals surface area contributed by atoms with E-state index in [0.717, 1.165) is 11.1 Å². The molecule has 0 saturated carbocycles. The van der Waals surface area contributed by atoms with Crippen molar-refractivity contribution in [3.8, 4) is 0 Å². The standard InChI is InChI=1S/C18H21Cl2N3O/c1-23(2)17(14-6-8-15(19)9-7-14)12-22-18(24)21-11-13-4-3-5-16(20)10-13/h3-10,17H,11-12H2,1-2H3,(H2,21,22,24). The minimum Gasteiger partial charge on any atom is -0.336 e. The fourth-order valence-corrected chi connectivity index (χ4v) is 2.70. The zero-order valence-corrected chi connectivity index (χ0v) is 15.2. The van der Waals surface area contributed by atoms with Crippen molar-refractivity contribution in [1.82, 2.24) is 15.5 Å². The van der Waals surface area contributed by atoms with E-state index in [0.29, 0.717) is 23.1 Å². The first-order valence-electron chi connectivity index (χ1n) is 7.64. The van der Waals surface area contributed by atoms with Crippen molar-refractivity contribution in [2.24, 2.45) is 0 Å². The number of benzene rings is 2. The summed E-state index contributed by atoms with van der Waals surface area (Å²) in [5, 5.41) is 7.09. The Balaban J connectivity index is 1.87. The van der Waals surface area contributed by atoms with E-state index in [9.17, 15) is 4.79 Å². The number of hydrogen-bond acceptors (Lipinski definition) is 2. The van der Waals surface area contributed by atoms with Crippen LogP contribution in [0.1, 0.15) is 17.2 Å². The predicted octanol–water partition coefficient (Wildman–Crippen LogP) is 4.10. The molecule has 2 aromatic carbocycles. The van der Waals surface area contributed by atoms with Gasteiger partial charge in [-0.15, -0.1) is 0 Å². The van der Waals surface area contributed by atoms with Gasteiger partial charge in [0.1, 0.15) is 0 Å². The smallest absolute Gasteiger partial charge is 0.315 e. The number of carbonyl (C=O) groups is 1. The first-order valence-corrected chi connectivity index (χ1v) is 8.39. The van der Waals surface area contributed by atoms with E-state index >= 15 is 0 Å². The molecule has 2 N–H and O–H groups in total. The number of likely N-dealkylation sites (N-methyl/N-ethyl adjacent to an activating group) is 1. The molecule has 24 heavy (non-hydrogen) atoms. The lowest BCUT2D eigenvalue weighted by Crippen LogP contribution is -2.40. The summed E-state index contributed by atoms with van der Waals surface area (Å²) in [5.41, 5.74) is 2.05. The third-order valence-corrected chi connectivity index (χ3v) is 4.16. The molecule has 0 fully saturated rings. The summed E-state index contributed by atoms with van der Waals surface area (Å²) in [6.45, 7) is 0.927. The number of nitrogens with one attached hydrogen (secondary N) is 2. The molecule has 0 saturated heterocycles. The monoisotopic (exact) mass is 365 g/mol. The Kier molecular flexibility index (Phi) is 6.91. The zero-order valence-electron chi connectivity index (χ0n) is 13.7. The molecular weight excluding hydrogens is 345 g/mol. The average Bonchev–Trinajstić information content (AvgIpc) is 2.54. The predicted molar refractivity (Wildman–Crippen MR) is 99.6 cm³/mol. The summed E-state index contributed by atoms with van der Waals surface area (Å²) in [6.07, 6.45) is 0. The number of hydrogen-bond donors (Lipinski definition) is 2. The molecule has 0 bridgehead atoms. The Morgan fingerprint density at radius 2 is 1.75 bits per heavy atom. The molecule has 2 amide bonds. The van der Waals surface area contributed by atoms with Crippen molar-refractivity contribution in [2.75, 3.05) is 20.6 Å². The Bertz CT molecular complexity index is 674. The molecule has 1 unspecified atom stereocenters. The Labute approximate surface area is 152 Å². The van der Waals surface area contributed by atoms with Crippen molar-refractivity contribution in [3.63, 3.8) is 0 Å². The van der Waals surface area contributed by atoms with E-state index in [1.54, 1.807) is 6.07 Å². The number of urea groups is 1. The van der Waals surface area contributed by atoms with Crippen LogP contribution in [-0.4, -0.2) is 31.6 Å². The number of amides is 2. The number of carbonyl (C=O) groups excluding carboxylic acids is 1. The maximum atomic E-state index is 12.0. The largest absolute Gasteiger partial charge is 0.336 e. The molecule has 0 heterocycles. The molecule has 128 valence electrons. The topological polar surface area (TPSA) is 44.4 Å². The van der Waals surface area contributed by atoms with Gasteiger partial charge in [-0.2, -0.15) is 0 Å². The van der Waals surface area contributed by atoms with Crippen LogP contribution in [0.15, 0.2) is 48.5 Å². The molecule has 4 nitrogen and oxygen atoms in total. The van der Waals surface area contributed by atoms with Crippen LogP contribution < -0.4 is 10.6 Å². The van der Waals surface area contributed by atoms with Crippen LogP contribution in [0.25, 0.3) is 0 Å². The lowest BCUT2D eigenvalue weighted by molar-refractivity contribution is 0.232. The Morgan fingerprint density at radius 1 is 1.04 bits per heavy atom. The molecule has 6 heteroatoms. The van der Waals surface area contributed by atoms with Gasteiger partial charge in [-0.25, -0.2) is 4.79 Å². The molecule has 0 aliphatic rings. The van der Waals surface area contributed by atoms with Gasteiger partial charge in [0.15, 0.2) is 0 Å². The van der Waals surface area contributed by atoms with E-state index in [1.807, 2.05) is 56.6 Å². The number of nitrogens with zero attached hydrogens (tertiary/aromatic N) is 1. The molecule has 0 aliphatic carbocycles. The molecule has 0 spiro atoms. The van der Waals surface area contributed by atoms with Gasteiger partial charge < -0.3 is 15.5 Å². The quantitative estimate of drug-likeness (QED) is 0.809. The van der Waals surface area contributed by atoms with Crippen LogP contribution in [0.3, 0.4) is 0 Å². The maximum absolute atomic E-state index is 12.0. The lowest BCUT2D eigenvalue weighted by Gasteiger charge is -2.25. The molecular formula is C18H21Cl2N3O. The van der Waals surface area contributed by atoms with Gasteiger partial charge in [-0.3, -0.25) is 0 Å². The zero-order chi connectivity index (χ0) is 17.5. The molecule has 2 aromatic rings. The molecule has 0 radical (unpaired) electrons. The number of rotatable bonds is 6. The second-order valence-electron chi connectivity index (χ2n) is 5.72. The minimum absolute atomic E-state index is 0.0687. The van der Waals surface area contributed by atoms with E-state index < -0.39 is 0 Å². The molecule has 2 rings (SSSR count). The SMILES string of the molecule is CN(C)C(CNC(=O)NCc1cccc(Cl)c1)c1ccc(Cl)cc1. The highest BCUT2D eigenvalue weighted by atomic mass is 35.5. The summed E-state index contributed by atoms with van der Waals surface area (Å²) in [5.74, 6) is 0. The van der Waals surface area contributed by atoms with E-state index in [-0.39, 0.29) is 12.1 Å². The first kappa shape index (κ1) is 18.6. The van der Waals surface area contributed by atoms with Crippen molar-refractivity contribution in [3.05, 3.63) is 69.7 Å². The fourth-order valence-electron chi connectivity index (χ4n) is 2.36. The lowest BCUT2D eigenvalue weighted by atomic mass is 10.1. The fraction of sp³-hybridized carbons (Fsp3) is 0.278. The van der Waals surface area contributed by atoms with Gasteiger partial charge in [0.25, 0.3) is 0 Å². The van der Waals surface area contributed by atoms with Crippen LogP contribution in [0.5, 0.6) is 0 Å². The Hall–Kier alpha value is -1.75. The normalized spacial score (nSPS) is 12.0. The maximum Gasteiger partial charge on any atom is 0.315 e. The van der Waals surface area contributed by atoms with E-state index in [4.69, 9.17) is 23.2 Å². The second-order valence-corrected chi connectivity index (χ2v) is 6.60. The van der Waals surface area contributed by atoms with Gasteiger partial charge in [0.05, 0.1) is 6.04 Å². The first-order chi connectivity index (χ1) is 11.5. The third kappa shape index (κ3) is 5.71. The summed E-state index contributed by atoms with van der Waals surface area (Å²) >= 11 is 11.9. The molecule has 0 aliphatic heterocycles. The van der Waals surface area contributed by atoms with Gasteiger partial charge >= 0.3 is 6.03 Å². The third-order valence-electron chi connectivity index (χ3n) is 3.68. The second kappa shape index (κ2) is 8.92. The number of halogens is 2. The molecule has 0 aromatic heterocycles. The Morgan fingerprint density at radius 3 is 2.38 bits per heavy atom. The van der Waals surface area contributed by atoms with Gasteiger partial charge in [-0.05, 0) is 49.5 Å².